The van der Waals surface area contributed by atoms with Crippen molar-refractivity contribution >= 4 is 39.5 Å². The summed E-state index contributed by atoms with van der Waals surface area (Å²) in [5, 5.41) is 8.83. The fourth-order valence-electron chi connectivity index (χ4n) is 5.84. The maximum atomic E-state index is 13.2. The van der Waals surface area contributed by atoms with Gasteiger partial charge in [-0.2, -0.15) is 5.10 Å². The fourth-order valence-corrected chi connectivity index (χ4v) is 5.84. The van der Waals surface area contributed by atoms with Crippen LogP contribution >= 0.6 is 0 Å². The van der Waals surface area contributed by atoms with Gasteiger partial charge in [-0.3, -0.25) is 14.4 Å². The number of rotatable bonds is 6. The summed E-state index contributed by atoms with van der Waals surface area (Å²) >= 11 is 0. The summed E-state index contributed by atoms with van der Waals surface area (Å²) in [4.78, 5) is 39.9. The number of hydrogen-bond donors (Lipinski definition) is 1. The van der Waals surface area contributed by atoms with E-state index >= 15 is 0 Å². The van der Waals surface area contributed by atoms with E-state index in [0.29, 0.717) is 41.1 Å². The summed E-state index contributed by atoms with van der Waals surface area (Å²) in [7, 11) is 5.00. The van der Waals surface area contributed by atoms with Crippen molar-refractivity contribution < 1.29 is 23.8 Å². The molecule has 1 aliphatic rings. The zero-order valence-corrected chi connectivity index (χ0v) is 26.9. The number of nitrogens with zero attached hydrogens (tertiary/aromatic N) is 6. The van der Waals surface area contributed by atoms with Crippen LogP contribution < -0.4 is 15.0 Å². The molecule has 12 heteroatoms. The molecule has 0 unspecified atom stereocenters. The van der Waals surface area contributed by atoms with Crippen LogP contribution in [0.3, 0.4) is 0 Å². The maximum Gasteiger partial charge on any atom is 0.410 e. The molecule has 234 valence electrons. The van der Waals surface area contributed by atoms with Crippen molar-refractivity contribution in [1.29, 1.82) is 0 Å². The number of ether oxygens (including phenoxy) is 3. The van der Waals surface area contributed by atoms with Gasteiger partial charge in [-0.25, -0.2) is 14.8 Å². The van der Waals surface area contributed by atoms with Gasteiger partial charge in [0.25, 0.3) is 5.91 Å². The Morgan fingerprint density at radius 2 is 1.80 bits per heavy atom. The molecule has 44 heavy (non-hydrogen) atoms. The number of nitrogens with one attached hydrogen (secondary N) is 1. The molecule has 2 aromatic heterocycles. The van der Waals surface area contributed by atoms with Crippen LogP contribution in [0.15, 0.2) is 30.5 Å². The number of carbonyl (C=O) groups excluding carboxylic acids is 2. The first kappa shape index (κ1) is 31.0. The smallest absolute Gasteiger partial charge is 0.410 e. The maximum absolute atomic E-state index is 13.2. The molecule has 3 heterocycles. The van der Waals surface area contributed by atoms with Gasteiger partial charge in [0.2, 0.25) is 0 Å². The number of amides is 2. The van der Waals surface area contributed by atoms with Crippen molar-refractivity contribution in [3.63, 3.8) is 0 Å². The minimum Gasteiger partial charge on any atom is -0.466 e. The van der Waals surface area contributed by atoms with Crippen molar-refractivity contribution in [2.24, 2.45) is 7.05 Å². The molecular formula is C32H41N7O5. The molecule has 5 rings (SSSR count). The predicted molar refractivity (Wildman–Crippen MR) is 169 cm³/mol. The number of aromatic nitrogens is 4. The van der Waals surface area contributed by atoms with Crippen molar-refractivity contribution in [3.05, 3.63) is 41.7 Å². The van der Waals surface area contributed by atoms with Crippen LogP contribution in [-0.4, -0.2) is 88.4 Å². The second-order valence-corrected chi connectivity index (χ2v) is 12.3. The first-order valence-electron chi connectivity index (χ1n) is 14.7. The Kier molecular flexibility index (Phi) is 8.39. The van der Waals surface area contributed by atoms with E-state index in [1.54, 1.807) is 23.7 Å². The summed E-state index contributed by atoms with van der Waals surface area (Å²) in [5.74, 6) is 0.575. The number of benzene rings is 2. The molecule has 4 aromatic rings. The number of piperazine rings is 1. The van der Waals surface area contributed by atoms with Crippen molar-refractivity contribution in [3.8, 4) is 17.1 Å². The first-order valence-corrected chi connectivity index (χ1v) is 14.7. The van der Waals surface area contributed by atoms with E-state index in [1.165, 1.54) is 0 Å². The van der Waals surface area contributed by atoms with Gasteiger partial charge in [-0.1, -0.05) is 0 Å². The van der Waals surface area contributed by atoms with Gasteiger partial charge in [0, 0.05) is 62.5 Å². The number of carbonyl (C=O) groups is 2. The Morgan fingerprint density at radius 1 is 1.09 bits per heavy atom. The van der Waals surface area contributed by atoms with Crippen LogP contribution in [0.2, 0.25) is 0 Å². The summed E-state index contributed by atoms with van der Waals surface area (Å²) in [6.45, 7) is 12.8. The summed E-state index contributed by atoms with van der Waals surface area (Å²) in [5.41, 5.74) is 3.48. The molecule has 2 atom stereocenters. The van der Waals surface area contributed by atoms with Crippen LogP contribution in [0, 0.1) is 6.92 Å². The molecule has 0 saturated carbocycles. The normalized spacial score (nSPS) is 17.3. The molecule has 0 spiro atoms. The van der Waals surface area contributed by atoms with Crippen molar-refractivity contribution in [2.45, 2.75) is 59.2 Å². The molecule has 0 radical (unpaired) electrons. The van der Waals surface area contributed by atoms with E-state index in [-0.39, 0.29) is 36.6 Å². The minimum absolute atomic E-state index is 0.0312. The largest absolute Gasteiger partial charge is 0.466 e. The molecule has 0 bridgehead atoms. The zero-order chi connectivity index (χ0) is 31.9. The Bertz CT molecular complexity index is 1720. The monoisotopic (exact) mass is 603 g/mol. The standard InChI is InChI=1S/C32H41N7O5/c1-18-14-38(15-19(2)39(18)31(41)44-32(4,5)6)22-10-11-25-23(13-22)27(30(40)33-7)35-29(34-25)24-12-21-16-37(8)36-26(21)20(3)28(24)43-17-42-9/h10-13,16,18-19H,14-15,17H2,1-9H3,(H,33,40)/t18-,19-/m1/s1. The molecule has 1 saturated heterocycles. The lowest BCUT2D eigenvalue weighted by Gasteiger charge is -2.45. The highest BCUT2D eigenvalue weighted by molar-refractivity contribution is 6.06. The summed E-state index contributed by atoms with van der Waals surface area (Å²) in [6.07, 6.45) is 1.61. The minimum atomic E-state index is -0.569. The molecule has 12 nitrogen and oxygen atoms in total. The lowest BCUT2D eigenvalue weighted by atomic mass is 10.0. The van der Waals surface area contributed by atoms with Crippen LogP contribution in [0.5, 0.6) is 5.75 Å². The Balaban J connectivity index is 1.56. The van der Waals surface area contributed by atoms with E-state index < -0.39 is 5.60 Å². The van der Waals surface area contributed by atoms with Crippen LogP contribution in [0.4, 0.5) is 10.5 Å². The number of aryl methyl sites for hydroxylation is 2. The van der Waals surface area contributed by atoms with Gasteiger partial charge < -0.3 is 24.4 Å². The Labute approximate surface area is 257 Å². The summed E-state index contributed by atoms with van der Waals surface area (Å²) in [6, 6.07) is 7.60. The zero-order valence-electron chi connectivity index (χ0n) is 26.9. The highest BCUT2D eigenvalue weighted by Crippen LogP contribution is 2.38. The number of hydrogen-bond acceptors (Lipinski definition) is 9. The Hall–Kier alpha value is -4.45. The molecular weight excluding hydrogens is 562 g/mol. The molecule has 2 aromatic carbocycles. The summed E-state index contributed by atoms with van der Waals surface area (Å²) < 4.78 is 18.6. The van der Waals surface area contributed by atoms with E-state index in [2.05, 4.69) is 15.3 Å². The van der Waals surface area contributed by atoms with Gasteiger partial charge >= 0.3 is 6.09 Å². The molecule has 1 aliphatic heterocycles. The Morgan fingerprint density at radius 3 is 2.43 bits per heavy atom. The first-order chi connectivity index (χ1) is 20.8. The van der Waals surface area contributed by atoms with Gasteiger partial charge in [-0.05, 0) is 65.8 Å². The quantitative estimate of drug-likeness (QED) is 0.313. The van der Waals surface area contributed by atoms with E-state index in [4.69, 9.17) is 24.2 Å². The van der Waals surface area contributed by atoms with E-state index in [9.17, 15) is 9.59 Å². The van der Waals surface area contributed by atoms with E-state index in [1.807, 2.05) is 79.1 Å². The third-order valence-corrected chi connectivity index (χ3v) is 7.67. The topological polar surface area (TPSA) is 124 Å². The number of methoxy groups -OCH3 is 1. The van der Waals surface area contributed by atoms with Gasteiger partial charge in [0.05, 0.1) is 28.7 Å². The third-order valence-electron chi connectivity index (χ3n) is 7.67. The van der Waals surface area contributed by atoms with Crippen LogP contribution in [0.1, 0.15) is 50.7 Å². The second-order valence-electron chi connectivity index (χ2n) is 12.3. The number of anilines is 1. The van der Waals surface area contributed by atoms with Crippen molar-refractivity contribution in [2.75, 3.05) is 38.9 Å². The van der Waals surface area contributed by atoms with Gasteiger partial charge in [0.15, 0.2) is 12.6 Å². The highest BCUT2D eigenvalue weighted by atomic mass is 16.7. The van der Waals surface area contributed by atoms with Gasteiger partial charge in [-0.15, -0.1) is 0 Å². The molecule has 0 aliphatic carbocycles. The number of fused-ring (bicyclic) bond motifs is 2. The molecule has 2 amide bonds. The fraction of sp³-hybridized carbons (Fsp3) is 0.469. The average Bonchev–Trinajstić information content (AvgIpc) is 3.34. The van der Waals surface area contributed by atoms with Crippen LogP contribution in [-0.2, 0) is 16.5 Å². The van der Waals surface area contributed by atoms with Crippen LogP contribution in [0.25, 0.3) is 33.2 Å². The SMILES string of the molecule is CNC(=O)c1nc(-c2cc3cn(C)nc3c(C)c2OCOC)nc2ccc(N3C[C@@H](C)N(C(=O)OC(C)(C)C)[C@H](C)C3)cc12. The average molecular weight is 604 g/mol. The van der Waals surface area contributed by atoms with Crippen molar-refractivity contribution in [1.82, 2.24) is 30.0 Å². The highest BCUT2D eigenvalue weighted by Gasteiger charge is 2.36. The lowest BCUT2D eigenvalue weighted by Crippen LogP contribution is -2.59. The molecule has 1 fully saturated rings. The second kappa shape index (κ2) is 11.9. The van der Waals surface area contributed by atoms with Gasteiger partial charge in [0.1, 0.15) is 17.0 Å². The third kappa shape index (κ3) is 5.99. The molecule has 1 N–H and O–H groups in total. The van der Waals surface area contributed by atoms with E-state index in [0.717, 1.165) is 22.2 Å². The lowest BCUT2D eigenvalue weighted by molar-refractivity contribution is 0.00564. The predicted octanol–water partition coefficient (Wildman–Crippen LogP) is 4.67.